The van der Waals surface area contributed by atoms with Gasteiger partial charge in [-0.1, -0.05) is 0 Å². The van der Waals surface area contributed by atoms with Crippen LogP contribution in [-0.4, -0.2) is 75.7 Å². The number of nitrogens with zero attached hydrogens (tertiary/aromatic N) is 4. The van der Waals surface area contributed by atoms with Gasteiger partial charge in [0, 0.05) is 50.2 Å². The van der Waals surface area contributed by atoms with Gasteiger partial charge in [-0.3, -0.25) is 9.59 Å². The van der Waals surface area contributed by atoms with Gasteiger partial charge in [0.25, 0.3) is 0 Å². The van der Waals surface area contributed by atoms with Crippen LogP contribution in [-0.2, 0) is 27.9 Å². The Morgan fingerprint density at radius 1 is 0.529 bits per heavy atom. The van der Waals surface area contributed by atoms with Crippen LogP contribution in [0.4, 0.5) is 11.4 Å². The normalized spacial score (nSPS) is 19.0. The van der Waals surface area contributed by atoms with Gasteiger partial charge in [0.2, 0.25) is 11.8 Å². The van der Waals surface area contributed by atoms with E-state index >= 15 is 0 Å². The second-order valence-corrected chi connectivity index (χ2v) is 21.9. The Balaban J connectivity index is 0.000000161. The number of halogens is 1. The van der Waals surface area contributed by atoms with Crippen molar-refractivity contribution in [2.24, 2.45) is 11.5 Å². The summed E-state index contributed by atoms with van der Waals surface area (Å²) in [7, 11) is -1.50. The van der Waals surface area contributed by atoms with E-state index in [1.807, 2.05) is 167 Å². The number of carbonyl (C=O) groups is 2. The molecular formula is C52H60B3BrN6O8. The molecule has 3 saturated heterocycles. The Hall–Kier alpha value is -5.69. The third-order valence-electron chi connectivity index (χ3n) is 14.6. The van der Waals surface area contributed by atoms with Crippen molar-refractivity contribution in [3.63, 3.8) is 0 Å². The minimum atomic E-state index is -0.551. The van der Waals surface area contributed by atoms with Gasteiger partial charge in [0.15, 0.2) is 11.4 Å². The van der Waals surface area contributed by atoms with Crippen LogP contribution in [0.2, 0.25) is 0 Å². The summed E-state index contributed by atoms with van der Waals surface area (Å²) in [4.78, 5) is 29.8. The van der Waals surface area contributed by atoms with Gasteiger partial charge >= 0.3 is 21.1 Å². The molecule has 18 heteroatoms. The molecule has 0 atom stereocenters. The van der Waals surface area contributed by atoms with E-state index in [4.69, 9.17) is 52.5 Å². The Kier molecular flexibility index (Phi) is 13.8. The predicted octanol–water partition coefficient (Wildman–Crippen LogP) is 10.5. The molecule has 0 unspecified atom stereocenters. The van der Waals surface area contributed by atoms with Crippen molar-refractivity contribution in [1.82, 2.24) is 9.13 Å². The highest BCUT2D eigenvalue weighted by atomic mass is 79.9. The highest BCUT2D eigenvalue weighted by Crippen LogP contribution is 2.43. The van der Waals surface area contributed by atoms with Crippen molar-refractivity contribution in [2.45, 2.75) is 131 Å². The van der Waals surface area contributed by atoms with Crippen LogP contribution >= 0.6 is 15.9 Å². The van der Waals surface area contributed by atoms with Crippen molar-refractivity contribution in [1.29, 1.82) is 0 Å². The fourth-order valence-corrected chi connectivity index (χ4v) is 8.63. The van der Waals surface area contributed by atoms with E-state index < -0.39 is 44.2 Å². The van der Waals surface area contributed by atoms with Crippen LogP contribution < -0.4 is 16.9 Å². The van der Waals surface area contributed by atoms with Crippen molar-refractivity contribution in [3.8, 4) is 11.4 Å². The molecule has 2 aromatic heterocycles. The SMILES string of the molecule is CC1(C)OB(B2OC(C)(C)C(C)(C)O2)OC1(C)C.[C-]#[N+]c1cc2c(B3OC(C)(C)C(C)(C)O3)cn(-c3ccc(C(N)=O)cc3)c2cc1C.[C-]#[N+]c1cc2c(Br)cn(-c3ccc(C(N)=O)cc3)c2cc1C. The number of benzene rings is 4. The maximum Gasteiger partial charge on any atom is 0.497 e. The quantitative estimate of drug-likeness (QED) is 0.123. The average molecular weight is 1010 g/mol. The largest absolute Gasteiger partial charge is 0.497 e. The summed E-state index contributed by atoms with van der Waals surface area (Å²) in [5.74, 6) is -0.906. The van der Waals surface area contributed by atoms with Gasteiger partial charge in [0.1, 0.15) is 0 Å². The van der Waals surface area contributed by atoms with E-state index in [1.54, 1.807) is 24.3 Å². The molecule has 2 amide bonds. The Morgan fingerprint density at radius 3 is 1.21 bits per heavy atom. The van der Waals surface area contributed by atoms with Gasteiger partial charge in [-0.2, -0.15) is 0 Å². The number of hydrogen-bond acceptors (Lipinski definition) is 8. The molecular weight excluding hydrogens is 949 g/mol. The molecule has 70 heavy (non-hydrogen) atoms. The fraction of sp³-hybridized carbons (Fsp3) is 0.385. The molecule has 3 fully saturated rings. The first-order chi connectivity index (χ1) is 32.4. The molecule has 9 rings (SSSR count). The van der Waals surface area contributed by atoms with Gasteiger partial charge in [0.05, 0.1) is 57.8 Å². The zero-order chi connectivity index (χ0) is 51.7. The van der Waals surface area contributed by atoms with Gasteiger partial charge in [-0.05, 0) is 202 Å². The summed E-state index contributed by atoms with van der Waals surface area (Å²) in [6.07, 6.45) is 3.94. The molecule has 0 aliphatic carbocycles. The minimum absolute atomic E-state index is 0.360. The highest BCUT2D eigenvalue weighted by Gasteiger charge is 2.63. The molecule has 0 spiro atoms. The molecule has 3 aliphatic rings. The lowest BCUT2D eigenvalue weighted by atomic mass is 9.49. The summed E-state index contributed by atoms with van der Waals surface area (Å²) in [5, 5.41) is 1.89. The first kappa shape index (κ1) is 52.1. The Morgan fingerprint density at radius 2 is 0.857 bits per heavy atom. The number of rotatable bonds is 6. The molecule has 6 aromatic rings. The van der Waals surface area contributed by atoms with E-state index in [-0.39, 0.29) is 22.4 Å². The first-order valence-corrected chi connectivity index (χ1v) is 23.8. The Labute approximate surface area is 420 Å². The number of hydrogen-bond donors (Lipinski definition) is 2. The lowest BCUT2D eigenvalue weighted by Crippen LogP contribution is -2.41. The number of fused-ring (bicyclic) bond motifs is 2. The lowest BCUT2D eigenvalue weighted by molar-refractivity contribution is 0.00578. The molecule has 0 radical (unpaired) electrons. The molecule has 0 bridgehead atoms. The third kappa shape index (κ3) is 9.71. The van der Waals surface area contributed by atoms with Crippen LogP contribution in [0, 0.1) is 27.0 Å². The highest BCUT2D eigenvalue weighted by molar-refractivity contribution is 9.10. The van der Waals surface area contributed by atoms with Crippen molar-refractivity contribution in [3.05, 3.63) is 135 Å². The Bertz CT molecular complexity index is 3030. The fourth-order valence-electron chi connectivity index (χ4n) is 8.11. The third-order valence-corrected chi connectivity index (χ3v) is 15.2. The summed E-state index contributed by atoms with van der Waals surface area (Å²) < 4.78 is 41.4. The van der Waals surface area contributed by atoms with E-state index in [9.17, 15) is 9.59 Å². The van der Waals surface area contributed by atoms with Gasteiger partial charge in [-0.25, -0.2) is 9.69 Å². The molecule has 4 N–H and O–H groups in total. The zero-order valence-electron chi connectivity index (χ0n) is 42.4. The van der Waals surface area contributed by atoms with Crippen molar-refractivity contribution < 1.29 is 37.5 Å². The van der Waals surface area contributed by atoms with Crippen LogP contribution in [0.25, 0.3) is 42.9 Å². The van der Waals surface area contributed by atoms with Crippen LogP contribution in [0.3, 0.4) is 0 Å². The molecule has 3 aliphatic heterocycles. The number of primary amides is 2. The molecule has 5 heterocycles. The second-order valence-electron chi connectivity index (χ2n) is 21.0. The van der Waals surface area contributed by atoms with Gasteiger partial charge < -0.3 is 48.5 Å². The number of aryl methyl sites for hydroxylation is 2. The number of amides is 2. The minimum Gasteiger partial charge on any atom is -0.405 e. The van der Waals surface area contributed by atoms with Crippen LogP contribution in [0.1, 0.15) is 115 Å². The number of aromatic nitrogens is 2. The van der Waals surface area contributed by atoms with Gasteiger partial charge in [-0.15, -0.1) is 0 Å². The smallest absolute Gasteiger partial charge is 0.405 e. The van der Waals surface area contributed by atoms with E-state index in [2.05, 4.69) is 25.6 Å². The topological polar surface area (TPSA) is 160 Å². The summed E-state index contributed by atoms with van der Waals surface area (Å²) in [6, 6.07) is 22.0. The maximum absolute atomic E-state index is 11.4. The van der Waals surface area contributed by atoms with Crippen LogP contribution in [0.15, 0.2) is 89.7 Å². The summed E-state index contributed by atoms with van der Waals surface area (Å²) in [5.41, 5.74) is 16.9. The van der Waals surface area contributed by atoms with Crippen molar-refractivity contribution in [2.75, 3.05) is 0 Å². The number of nitrogens with two attached hydrogens (primary N) is 2. The molecule has 362 valence electrons. The lowest BCUT2D eigenvalue weighted by Gasteiger charge is -2.32. The maximum atomic E-state index is 11.4. The molecule has 4 aromatic carbocycles. The summed E-state index contributed by atoms with van der Waals surface area (Å²) >= 11 is 3.54. The van der Waals surface area contributed by atoms with E-state index in [1.165, 1.54) is 0 Å². The predicted molar refractivity (Wildman–Crippen MR) is 281 cm³/mol. The zero-order valence-corrected chi connectivity index (χ0v) is 44.0. The monoisotopic (exact) mass is 1010 g/mol. The molecule has 14 nitrogen and oxygen atoms in total. The first-order valence-electron chi connectivity index (χ1n) is 23.0. The van der Waals surface area contributed by atoms with Crippen molar-refractivity contribution >= 4 is 87.5 Å². The second kappa shape index (κ2) is 18.5. The standard InChI is InChI=1S/C23H24BN3O3.C17H12BrN3O.C12H24B2O4/c1-14-11-20-17(12-19(14)26-6)18(24-29-22(2,3)23(4,5)30-24)13-27(20)16-9-7-15(8-10-16)21(25)28;1-10-7-16-13(8-15(10)20-2)14(18)9-21(16)12-5-3-11(4-6-12)17(19)22;1-9(2)10(3,4)16-13(15-9)14-17-11(5,6)12(7,8)18-14/h7-13H,1-5H3,(H2,25,28);3-9H,1H3,(H2,19,22);1-8H3. The van der Waals surface area contributed by atoms with E-state index in [0.717, 1.165) is 54.2 Å². The van der Waals surface area contributed by atoms with Crippen LogP contribution in [0.5, 0.6) is 0 Å². The molecule has 0 saturated carbocycles. The van der Waals surface area contributed by atoms with E-state index in [0.29, 0.717) is 22.5 Å². The summed E-state index contributed by atoms with van der Waals surface area (Å²) in [6.45, 7) is 42.9. The average Bonchev–Trinajstić information content (AvgIpc) is 3.99. The number of carbonyl (C=O) groups excluding carboxylic acids is 2.